The molecule has 0 atom stereocenters. The lowest BCUT2D eigenvalue weighted by atomic mass is 10.2. The summed E-state index contributed by atoms with van der Waals surface area (Å²) in [4.78, 5) is 13.2. The highest BCUT2D eigenvalue weighted by Gasteiger charge is 2.44. The molecule has 0 heterocycles. The second-order valence-electron chi connectivity index (χ2n) is 12.4. The second-order valence-corrected chi connectivity index (χ2v) is 30.6. The summed E-state index contributed by atoms with van der Waals surface area (Å²) in [7, 11) is -6.01. The van der Waals surface area contributed by atoms with Gasteiger partial charge in [0.05, 0.1) is 0 Å². The zero-order valence-electron chi connectivity index (χ0n) is 21.2. The van der Waals surface area contributed by atoms with Crippen molar-refractivity contribution in [1.29, 1.82) is 0 Å². The standard InChI is InChI=1S/C21H46O3SSi3/c1-19(2,3)26(10,11)23-17(16-25-28(14,15)21(7,8)9)18(22)24-27(12,13)20(4,5)6/h16H,1-15H3/b17-16-. The molecule has 0 aromatic carbocycles. The Labute approximate surface area is 182 Å². The number of carbonyl (C=O) groups is 1. The van der Waals surface area contributed by atoms with E-state index in [2.05, 4.69) is 102 Å². The molecule has 0 aliphatic carbocycles. The van der Waals surface area contributed by atoms with Crippen LogP contribution < -0.4 is 0 Å². The van der Waals surface area contributed by atoms with Crippen LogP contribution in [-0.4, -0.2) is 29.8 Å². The average Bonchev–Trinajstić information content (AvgIpc) is 2.38. The summed E-state index contributed by atoms with van der Waals surface area (Å²) in [6.45, 7) is 33.1. The zero-order valence-corrected chi connectivity index (χ0v) is 25.0. The molecule has 0 saturated heterocycles. The van der Waals surface area contributed by atoms with Crippen molar-refractivity contribution < 1.29 is 13.6 Å². The molecule has 7 heteroatoms. The highest BCUT2D eigenvalue weighted by atomic mass is 32.4. The fourth-order valence-electron chi connectivity index (χ4n) is 1.35. The van der Waals surface area contributed by atoms with Gasteiger partial charge in [0.2, 0.25) is 0 Å². The van der Waals surface area contributed by atoms with Gasteiger partial charge in [-0.2, -0.15) is 11.2 Å². The Kier molecular flexibility index (Phi) is 8.64. The number of hydrogen-bond acceptors (Lipinski definition) is 4. The van der Waals surface area contributed by atoms with Crippen LogP contribution >= 0.6 is 11.2 Å². The van der Waals surface area contributed by atoms with E-state index in [9.17, 15) is 4.79 Å². The molecule has 3 nitrogen and oxygen atoms in total. The summed E-state index contributed by atoms with van der Waals surface area (Å²) in [5.41, 5.74) is 0. The Morgan fingerprint density at radius 2 is 1.04 bits per heavy atom. The van der Waals surface area contributed by atoms with E-state index in [1.807, 2.05) is 5.41 Å². The molecule has 0 spiro atoms. The van der Waals surface area contributed by atoms with Gasteiger partial charge in [0.15, 0.2) is 5.76 Å². The summed E-state index contributed by atoms with van der Waals surface area (Å²) in [6, 6.07) is 0. The first kappa shape index (κ1) is 28.0. The first-order valence-electron chi connectivity index (χ1n) is 10.2. The molecule has 0 aliphatic heterocycles. The number of rotatable bonds is 6. The van der Waals surface area contributed by atoms with Gasteiger partial charge >= 0.3 is 5.97 Å². The van der Waals surface area contributed by atoms with Gasteiger partial charge in [-0.3, -0.25) is 0 Å². The fraction of sp³-hybridized carbons (Fsp3) is 0.857. The lowest BCUT2D eigenvalue weighted by Gasteiger charge is -2.39. The van der Waals surface area contributed by atoms with Crippen molar-refractivity contribution in [3.8, 4) is 0 Å². The molecule has 0 fully saturated rings. The van der Waals surface area contributed by atoms with E-state index in [0.717, 1.165) is 0 Å². The smallest absolute Gasteiger partial charge is 0.359 e. The summed E-state index contributed by atoms with van der Waals surface area (Å²) >= 11 is 1.80. The van der Waals surface area contributed by atoms with Crippen LogP contribution in [-0.2, 0) is 13.6 Å². The minimum atomic E-state index is -2.22. The van der Waals surface area contributed by atoms with Crippen molar-refractivity contribution in [2.45, 2.75) is 117 Å². The van der Waals surface area contributed by atoms with Crippen LogP contribution in [0.5, 0.6) is 0 Å². The van der Waals surface area contributed by atoms with Crippen LogP contribution in [0.2, 0.25) is 54.4 Å². The first-order valence-corrected chi connectivity index (χ1v) is 20.7. The maximum atomic E-state index is 13.2. The molecule has 0 aromatic rings. The topological polar surface area (TPSA) is 35.5 Å². The second kappa shape index (κ2) is 8.63. The number of hydrogen-bond donors (Lipinski definition) is 0. The SMILES string of the molecule is CC(C)(C)[Si](C)(C)OC(=O)/C(=C/S[Si](C)(C)C(C)(C)C)O[Si](C)(C)C(C)(C)C. The molecule has 28 heavy (non-hydrogen) atoms. The molecule has 0 N–H and O–H groups in total. The largest absolute Gasteiger partial charge is 0.538 e. The van der Waals surface area contributed by atoms with Crippen molar-refractivity contribution in [2.24, 2.45) is 0 Å². The lowest BCUT2D eigenvalue weighted by Crippen LogP contribution is -2.45. The highest BCUT2D eigenvalue weighted by molar-refractivity contribution is 8.31. The monoisotopic (exact) mass is 462 g/mol. The summed E-state index contributed by atoms with van der Waals surface area (Å²) in [6.07, 6.45) is 0. The minimum absolute atomic E-state index is 0.0188. The highest BCUT2D eigenvalue weighted by Crippen LogP contribution is 2.45. The molecule has 0 saturated carbocycles. The van der Waals surface area contributed by atoms with Gasteiger partial charge in [0, 0.05) is 5.41 Å². The van der Waals surface area contributed by atoms with E-state index >= 15 is 0 Å². The Balaban J connectivity index is 5.95. The van der Waals surface area contributed by atoms with Crippen molar-refractivity contribution in [1.82, 2.24) is 0 Å². The normalized spacial score (nSPS) is 15.5. The quantitative estimate of drug-likeness (QED) is 0.227. The van der Waals surface area contributed by atoms with Gasteiger partial charge in [-0.15, -0.1) is 0 Å². The van der Waals surface area contributed by atoms with E-state index in [1.54, 1.807) is 11.2 Å². The van der Waals surface area contributed by atoms with Gasteiger partial charge in [0.1, 0.15) is 7.22 Å². The first-order chi connectivity index (χ1) is 11.9. The lowest BCUT2D eigenvalue weighted by molar-refractivity contribution is -0.133. The minimum Gasteiger partial charge on any atom is -0.538 e. The molecule has 0 radical (unpaired) electrons. The van der Waals surface area contributed by atoms with E-state index in [-0.39, 0.29) is 21.1 Å². The van der Waals surface area contributed by atoms with Crippen LogP contribution in [0.3, 0.4) is 0 Å². The predicted octanol–water partition coefficient (Wildman–Crippen LogP) is 8.14. The van der Waals surface area contributed by atoms with Crippen LogP contribution in [0.4, 0.5) is 0 Å². The Morgan fingerprint density at radius 1 is 0.679 bits per heavy atom. The molecule has 0 bridgehead atoms. The van der Waals surface area contributed by atoms with Gasteiger partial charge < -0.3 is 8.85 Å². The van der Waals surface area contributed by atoms with Crippen LogP contribution in [0.25, 0.3) is 0 Å². The third kappa shape index (κ3) is 7.36. The molecule has 0 amide bonds. The van der Waals surface area contributed by atoms with Gasteiger partial charge in [-0.1, -0.05) is 75.4 Å². The molecular weight excluding hydrogens is 417 g/mol. The molecule has 0 rings (SSSR count). The summed E-state index contributed by atoms with van der Waals surface area (Å²) in [5, 5.41) is 2.18. The summed E-state index contributed by atoms with van der Waals surface area (Å²) in [5.74, 6) is 0.119. The Hall–Kier alpha value is 0.0106. The fourth-order valence-corrected chi connectivity index (χ4v) is 6.47. The van der Waals surface area contributed by atoms with E-state index in [1.165, 1.54) is 0 Å². The van der Waals surface area contributed by atoms with Crippen molar-refractivity contribution >= 4 is 41.0 Å². The van der Waals surface area contributed by atoms with Crippen LogP contribution in [0.1, 0.15) is 62.3 Å². The van der Waals surface area contributed by atoms with Gasteiger partial charge in [-0.25, -0.2) is 4.79 Å². The van der Waals surface area contributed by atoms with Crippen molar-refractivity contribution in [3.05, 3.63) is 11.2 Å². The van der Waals surface area contributed by atoms with Crippen molar-refractivity contribution in [3.63, 3.8) is 0 Å². The van der Waals surface area contributed by atoms with E-state index in [4.69, 9.17) is 8.85 Å². The van der Waals surface area contributed by atoms with Crippen molar-refractivity contribution in [2.75, 3.05) is 0 Å². The van der Waals surface area contributed by atoms with E-state index in [0.29, 0.717) is 5.76 Å². The third-order valence-corrected chi connectivity index (χ3v) is 23.9. The van der Waals surface area contributed by atoms with Gasteiger partial charge in [0.25, 0.3) is 16.6 Å². The van der Waals surface area contributed by atoms with Gasteiger partial charge in [-0.05, 0) is 41.3 Å². The molecule has 0 unspecified atom stereocenters. The number of carbonyl (C=O) groups excluding carboxylic acids is 1. The van der Waals surface area contributed by atoms with Crippen LogP contribution in [0, 0.1) is 0 Å². The zero-order chi connectivity index (χ0) is 23.0. The molecular formula is C21H46O3SSi3. The molecule has 166 valence electrons. The molecule has 0 aromatic heterocycles. The maximum absolute atomic E-state index is 13.2. The maximum Gasteiger partial charge on any atom is 0.359 e. The third-order valence-electron chi connectivity index (χ3n) is 6.79. The van der Waals surface area contributed by atoms with Crippen LogP contribution in [0.15, 0.2) is 11.2 Å². The summed E-state index contributed by atoms with van der Waals surface area (Å²) < 4.78 is 12.6. The average molecular weight is 463 g/mol. The Morgan fingerprint density at radius 3 is 1.36 bits per heavy atom. The predicted molar refractivity (Wildman–Crippen MR) is 134 cm³/mol. The Bertz CT molecular complexity index is 589. The van der Waals surface area contributed by atoms with E-state index < -0.39 is 23.9 Å². The molecule has 0 aliphatic rings.